The Hall–Kier alpha value is -2.41. The van der Waals surface area contributed by atoms with E-state index in [2.05, 4.69) is 10.2 Å². The number of halogens is 2. The third-order valence-electron chi connectivity index (χ3n) is 3.67. The number of alkyl halides is 2. The van der Waals surface area contributed by atoms with E-state index >= 15 is 0 Å². The molecule has 0 aliphatic heterocycles. The van der Waals surface area contributed by atoms with Gasteiger partial charge < -0.3 is 5.32 Å². The van der Waals surface area contributed by atoms with Crippen LogP contribution in [0.5, 0.6) is 0 Å². The fraction of sp³-hybridized carbons (Fsp3) is 0.188. The summed E-state index contributed by atoms with van der Waals surface area (Å²) in [4.78, 5) is 16.1. The van der Waals surface area contributed by atoms with Gasteiger partial charge in [0.05, 0.1) is 22.6 Å². The predicted molar refractivity (Wildman–Crippen MR) is 96.0 cm³/mol. The molecule has 0 fully saturated rings. The predicted octanol–water partition coefficient (Wildman–Crippen LogP) is 2.12. The maximum absolute atomic E-state index is 12.8. The standard InChI is InChI=1S/C16H16F2N2O6S2/c1-20(26-2)28(24,25)12-7-5-6-11(10-12)15(21)19-13-8-3-4-9-14(13)27(22,23)16(17)18/h3-10,16H,1-2H3,(H,19,21). The number of anilines is 1. The first-order chi connectivity index (χ1) is 13.0. The van der Waals surface area contributed by atoms with Crippen molar-refractivity contribution in [3.05, 3.63) is 54.1 Å². The summed E-state index contributed by atoms with van der Waals surface area (Å²) in [5.41, 5.74) is -0.482. The highest BCUT2D eigenvalue weighted by Crippen LogP contribution is 2.26. The number of amides is 1. The molecule has 0 aliphatic rings. The van der Waals surface area contributed by atoms with Gasteiger partial charge in [0.25, 0.3) is 15.9 Å². The summed E-state index contributed by atoms with van der Waals surface area (Å²) in [6, 6.07) is 9.53. The van der Waals surface area contributed by atoms with Crippen LogP contribution in [0.15, 0.2) is 58.3 Å². The first-order valence-electron chi connectivity index (χ1n) is 7.57. The maximum atomic E-state index is 12.8. The molecule has 0 radical (unpaired) electrons. The molecule has 0 saturated carbocycles. The van der Waals surface area contributed by atoms with Crippen molar-refractivity contribution >= 4 is 31.5 Å². The van der Waals surface area contributed by atoms with Gasteiger partial charge in [-0.1, -0.05) is 22.7 Å². The second kappa shape index (κ2) is 8.31. The fourth-order valence-corrected chi connectivity index (χ4v) is 4.06. The summed E-state index contributed by atoms with van der Waals surface area (Å²) < 4.78 is 74.3. The van der Waals surface area contributed by atoms with Gasteiger partial charge in [-0.3, -0.25) is 9.63 Å². The number of hydroxylamine groups is 1. The highest BCUT2D eigenvalue weighted by molar-refractivity contribution is 7.91. The molecule has 0 aromatic heterocycles. The van der Waals surface area contributed by atoms with E-state index in [0.29, 0.717) is 4.47 Å². The van der Waals surface area contributed by atoms with Crippen LogP contribution >= 0.6 is 0 Å². The Bertz CT molecular complexity index is 1090. The number of hydrogen-bond donors (Lipinski definition) is 1. The van der Waals surface area contributed by atoms with Crippen LogP contribution in [0.4, 0.5) is 14.5 Å². The number of sulfone groups is 1. The number of sulfonamides is 1. The molecule has 152 valence electrons. The van der Waals surface area contributed by atoms with Crippen LogP contribution in [0.1, 0.15) is 10.4 Å². The van der Waals surface area contributed by atoms with Gasteiger partial charge in [0.1, 0.15) is 0 Å². The average molecular weight is 434 g/mol. The van der Waals surface area contributed by atoms with E-state index in [1.165, 1.54) is 30.3 Å². The molecule has 0 aliphatic carbocycles. The monoisotopic (exact) mass is 434 g/mol. The number of carbonyl (C=O) groups is 1. The largest absolute Gasteiger partial charge is 0.341 e. The van der Waals surface area contributed by atoms with E-state index in [1.54, 1.807) is 0 Å². The van der Waals surface area contributed by atoms with E-state index in [-0.39, 0.29) is 16.1 Å². The summed E-state index contributed by atoms with van der Waals surface area (Å²) in [7, 11) is -6.67. The van der Waals surface area contributed by atoms with E-state index in [4.69, 9.17) is 0 Å². The summed E-state index contributed by atoms with van der Waals surface area (Å²) >= 11 is 0. The minimum Gasteiger partial charge on any atom is -0.321 e. The van der Waals surface area contributed by atoms with Crippen molar-refractivity contribution in [3.8, 4) is 0 Å². The lowest BCUT2D eigenvalue weighted by Gasteiger charge is -2.15. The first kappa shape index (κ1) is 21.9. The molecular weight excluding hydrogens is 418 g/mol. The van der Waals surface area contributed by atoms with Crippen LogP contribution in [-0.4, -0.2) is 47.1 Å². The lowest BCUT2D eigenvalue weighted by atomic mass is 10.2. The van der Waals surface area contributed by atoms with Crippen LogP contribution in [0, 0.1) is 0 Å². The molecule has 1 N–H and O–H groups in total. The average Bonchev–Trinajstić information content (AvgIpc) is 2.67. The minimum atomic E-state index is -4.95. The van der Waals surface area contributed by atoms with Crippen LogP contribution < -0.4 is 5.32 Å². The van der Waals surface area contributed by atoms with Gasteiger partial charge in [-0.15, -0.1) is 0 Å². The van der Waals surface area contributed by atoms with Crippen LogP contribution in [0.25, 0.3) is 0 Å². The van der Waals surface area contributed by atoms with Gasteiger partial charge >= 0.3 is 5.76 Å². The number of carbonyl (C=O) groups excluding carboxylic acids is 1. The molecule has 1 amide bonds. The number of nitrogens with zero attached hydrogens (tertiary/aromatic N) is 1. The molecule has 2 aromatic rings. The quantitative estimate of drug-likeness (QED) is 0.669. The smallest absolute Gasteiger partial charge is 0.321 e. The number of hydrogen-bond acceptors (Lipinski definition) is 6. The van der Waals surface area contributed by atoms with Crippen molar-refractivity contribution < 1.29 is 35.2 Å². The first-order valence-corrected chi connectivity index (χ1v) is 10.6. The normalized spacial score (nSPS) is 12.4. The zero-order valence-electron chi connectivity index (χ0n) is 14.7. The van der Waals surface area contributed by atoms with Crippen molar-refractivity contribution in [1.29, 1.82) is 0 Å². The highest BCUT2D eigenvalue weighted by atomic mass is 32.2. The second-order valence-corrected chi connectivity index (χ2v) is 9.20. The molecule has 12 heteroatoms. The van der Waals surface area contributed by atoms with E-state index in [9.17, 15) is 30.4 Å². The molecule has 0 unspecified atom stereocenters. The zero-order chi connectivity index (χ0) is 21.1. The molecule has 0 spiro atoms. The summed E-state index contributed by atoms with van der Waals surface area (Å²) in [5.74, 6) is -4.54. The number of para-hydroxylation sites is 1. The molecule has 0 heterocycles. The Balaban J connectivity index is 2.40. The number of rotatable bonds is 7. The van der Waals surface area contributed by atoms with Crippen molar-refractivity contribution in [2.45, 2.75) is 15.5 Å². The Morgan fingerprint density at radius 3 is 2.32 bits per heavy atom. The summed E-state index contributed by atoms with van der Waals surface area (Å²) in [6.07, 6.45) is 0. The third kappa shape index (κ3) is 4.35. The van der Waals surface area contributed by atoms with Crippen molar-refractivity contribution in [2.75, 3.05) is 19.5 Å². The fourth-order valence-electron chi connectivity index (χ4n) is 2.15. The Morgan fingerprint density at radius 2 is 1.71 bits per heavy atom. The Morgan fingerprint density at radius 1 is 1.07 bits per heavy atom. The maximum Gasteiger partial charge on any atom is 0.341 e. The molecule has 0 atom stereocenters. The molecule has 0 bridgehead atoms. The van der Waals surface area contributed by atoms with E-state index in [1.807, 2.05) is 0 Å². The van der Waals surface area contributed by atoms with Gasteiger partial charge in [-0.05, 0) is 30.3 Å². The summed E-state index contributed by atoms with van der Waals surface area (Å²) in [5, 5.41) is 2.22. The molecule has 0 saturated heterocycles. The van der Waals surface area contributed by atoms with Crippen molar-refractivity contribution in [1.82, 2.24) is 4.47 Å². The molecule has 28 heavy (non-hydrogen) atoms. The van der Waals surface area contributed by atoms with Crippen LogP contribution in [0.2, 0.25) is 0 Å². The SMILES string of the molecule is CON(C)S(=O)(=O)c1cccc(C(=O)Nc2ccccc2S(=O)(=O)C(F)F)c1. The second-order valence-electron chi connectivity index (χ2n) is 5.38. The lowest BCUT2D eigenvalue weighted by Crippen LogP contribution is -2.26. The van der Waals surface area contributed by atoms with Crippen molar-refractivity contribution in [2.24, 2.45) is 0 Å². The topological polar surface area (TPSA) is 110 Å². The van der Waals surface area contributed by atoms with Gasteiger partial charge in [-0.2, -0.15) is 8.78 Å². The van der Waals surface area contributed by atoms with Crippen molar-refractivity contribution in [3.63, 3.8) is 0 Å². The summed E-state index contributed by atoms with van der Waals surface area (Å²) in [6.45, 7) is 0. The molecular formula is C16H16F2N2O6S2. The van der Waals surface area contributed by atoms with Crippen LogP contribution in [-0.2, 0) is 24.7 Å². The molecule has 2 rings (SSSR count). The minimum absolute atomic E-state index is 0.130. The molecule has 2 aromatic carbocycles. The Kier molecular flexibility index (Phi) is 6.49. The number of benzene rings is 2. The zero-order valence-corrected chi connectivity index (χ0v) is 16.3. The van der Waals surface area contributed by atoms with Crippen LogP contribution in [0.3, 0.4) is 0 Å². The van der Waals surface area contributed by atoms with Gasteiger partial charge in [0.15, 0.2) is 0 Å². The lowest BCUT2D eigenvalue weighted by molar-refractivity contribution is -0.0258. The Labute approximate surface area is 160 Å². The molecule has 8 nitrogen and oxygen atoms in total. The highest BCUT2D eigenvalue weighted by Gasteiger charge is 2.29. The van der Waals surface area contributed by atoms with E-state index < -0.39 is 36.4 Å². The van der Waals surface area contributed by atoms with Gasteiger partial charge in [0.2, 0.25) is 9.84 Å². The van der Waals surface area contributed by atoms with Gasteiger partial charge in [-0.25, -0.2) is 16.8 Å². The van der Waals surface area contributed by atoms with E-state index in [0.717, 1.165) is 32.4 Å². The number of nitrogens with one attached hydrogen (secondary N) is 1. The van der Waals surface area contributed by atoms with Gasteiger partial charge in [0, 0.05) is 12.6 Å². The third-order valence-corrected chi connectivity index (χ3v) is 6.78.